The van der Waals surface area contributed by atoms with Crippen LogP contribution in [0.5, 0.6) is 0 Å². The van der Waals surface area contributed by atoms with Crippen molar-refractivity contribution in [3.63, 3.8) is 0 Å². The van der Waals surface area contributed by atoms with Crippen LogP contribution in [0.4, 0.5) is 0 Å². The second-order valence-electron chi connectivity index (χ2n) is 7.57. The molecule has 0 amide bonds. The average Bonchev–Trinajstić information content (AvgIpc) is 2.64. The van der Waals surface area contributed by atoms with Crippen LogP contribution in [0.25, 0.3) is 0 Å². The maximum absolute atomic E-state index is 13.1. The van der Waals surface area contributed by atoms with Gasteiger partial charge < -0.3 is 14.3 Å². The number of nitrogens with zero attached hydrogens (tertiary/aromatic N) is 1. The van der Waals surface area contributed by atoms with Gasteiger partial charge in [0.1, 0.15) is 6.10 Å². The average molecular weight is 375 g/mol. The van der Waals surface area contributed by atoms with Gasteiger partial charge in [-0.15, -0.1) is 0 Å². The zero-order chi connectivity index (χ0) is 18.8. The molecule has 3 rings (SSSR count). The molecule has 1 fully saturated rings. The van der Waals surface area contributed by atoms with Gasteiger partial charge in [0.05, 0.1) is 27.2 Å². The third-order valence-electron chi connectivity index (χ3n) is 5.14. The summed E-state index contributed by atoms with van der Waals surface area (Å²) in [6.45, 7) is 1.89. The van der Waals surface area contributed by atoms with Crippen LogP contribution in [-0.4, -0.2) is 48.8 Å². The van der Waals surface area contributed by atoms with E-state index in [-0.39, 0.29) is 6.10 Å². The van der Waals surface area contributed by atoms with Gasteiger partial charge in [0.2, 0.25) is 5.60 Å². The summed E-state index contributed by atoms with van der Waals surface area (Å²) in [5.41, 5.74) is -0.919. The molecule has 1 heterocycles. The van der Waals surface area contributed by atoms with E-state index in [1.807, 2.05) is 6.07 Å². The molecule has 1 aliphatic rings. The number of quaternary nitrogens is 1. The van der Waals surface area contributed by atoms with E-state index in [1.54, 1.807) is 48.5 Å². The Balaban J connectivity index is 1.88. The van der Waals surface area contributed by atoms with Crippen LogP contribution in [0, 0.1) is 0 Å². The number of aliphatic hydroxyl groups is 1. The summed E-state index contributed by atoms with van der Waals surface area (Å²) in [6, 6.07) is 15.6. The largest absolute Gasteiger partial charge is 0.459 e. The number of carbonyl (C=O) groups is 1. The van der Waals surface area contributed by atoms with Gasteiger partial charge in [-0.1, -0.05) is 54.1 Å². The zero-order valence-corrected chi connectivity index (χ0v) is 15.9. The summed E-state index contributed by atoms with van der Waals surface area (Å²) in [5, 5.41) is 12.0. The predicted molar refractivity (Wildman–Crippen MR) is 102 cm³/mol. The monoisotopic (exact) mass is 374 g/mol. The van der Waals surface area contributed by atoms with Crippen LogP contribution in [-0.2, 0) is 15.1 Å². The van der Waals surface area contributed by atoms with Crippen molar-refractivity contribution in [3.05, 3.63) is 70.7 Å². The summed E-state index contributed by atoms with van der Waals surface area (Å²) >= 11 is 5.97. The number of benzene rings is 2. The second-order valence-corrected chi connectivity index (χ2v) is 8.01. The Hall–Kier alpha value is -1.88. The van der Waals surface area contributed by atoms with Crippen LogP contribution in [0.2, 0.25) is 5.02 Å². The van der Waals surface area contributed by atoms with E-state index < -0.39 is 11.6 Å². The SMILES string of the molecule is C[N+]1(C)CCC(OC(=O)C(O)(c2ccccc2)c2ccc(Cl)cc2)CC1. The summed E-state index contributed by atoms with van der Waals surface area (Å²) in [6.07, 6.45) is 1.42. The Kier molecular flexibility index (Phi) is 5.37. The Bertz CT molecular complexity index is 751. The van der Waals surface area contributed by atoms with Gasteiger partial charge in [0, 0.05) is 17.9 Å². The third-order valence-corrected chi connectivity index (χ3v) is 5.39. The highest BCUT2D eigenvalue weighted by molar-refractivity contribution is 6.30. The molecule has 26 heavy (non-hydrogen) atoms. The van der Waals surface area contributed by atoms with Crippen LogP contribution in [0.1, 0.15) is 24.0 Å². The lowest BCUT2D eigenvalue weighted by atomic mass is 9.86. The number of hydrogen-bond acceptors (Lipinski definition) is 3. The van der Waals surface area contributed by atoms with Gasteiger partial charge >= 0.3 is 5.97 Å². The third kappa shape index (κ3) is 3.93. The quantitative estimate of drug-likeness (QED) is 0.659. The molecule has 4 nitrogen and oxygen atoms in total. The predicted octanol–water partition coefficient (Wildman–Crippen LogP) is 3.36. The minimum Gasteiger partial charge on any atom is -0.459 e. The molecule has 1 aliphatic heterocycles. The Morgan fingerprint density at radius 2 is 1.58 bits per heavy atom. The van der Waals surface area contributed by atoms with Crippen molar-refractivity contribution in [2.45, 2.75) is 24.5 Å². The van der Waals surface area contributed by atoms with E-state index in [0.29, 0.717) is 16.1 Å². The molecule has 0 aromatic heterocycles. The first-order valence-electron chi connectivity index (χ1n) is 8.88. The Morgan fingerprint density at radius 3 is 2.15 bits per heavy atom. The van der Waals surface area contributed by atoms with E-state index in [4.69, 9.17) is 16.3 Å². The maximum Gasteiger partial charge on any atom is 0.347 e. The highest BCUT2D eigenvalue weighted by atomic mass is 35.5. The van der Waals surface area contributed by atoms with Gasteiger partial charge in [-0.3, -0.25) is 0 Å². The highest BCUT2D eigenvalue weighted by Crippen LogP contribution is 2.33. The number of hydrogen-bond donors (Lipinski definition) is 1. The number of esters is 1. The van der Waals surface area contributed by atoms with Gasteiger partial charge in [-0.05, 0) is 23.3 Å². The molecule has 0 saturated carbocycles. The van der Waals surface area contributed by atoms with E-state index in [9.17, 15) is 9.90 Å². The van der Waals surface area contributed by atoms with Crippen LogP contribution in [0.15, 0.2) is 54.6 Å². The molecule has 1 saturated heterocycles. The van der Waals surface area contributed by atoms with Crippen LogP contribution in [0.3, 0.4) is 0 Å². The van der Waals surface area contributed by atoms with E-state index in [1.165, 1.54) is 0 Å². The fourth-order valence-electron chi connectivity index (χ4n) is 3.37. The van der Waals surface area contributed by atoms with Crippen molar-refractivity contribution >= 4 is 17.6 Å². The fourth-order valence-corrected chi connectivity index (χ4v) is 3.50. The van der Waals surface area contributed by atoms with E-state index in [0.717, 1.165) is 30.4 Å². The lowest BCUT2D eigenvalue weighted by Gasteiger charge is -2.38. The Morgan fingerprint density at radius 1 is 1.04 bits per heavy atom. The lowest BCUT2D eigenvalue weighted by Crippen LogP contribution is -2.49. The summed E-state index contributed by atoms with van der Waals surface area (Å²) < 4.78 is 6.68. The number of likely N-dealkylation sites (tertiary alicyclic amines) is 1. The number of piperidine rings is 1. The van der Waals surface area contributed by atoms with Crippen molar-refractivity contribution in [3.8, 4) is 0 Å². The van der Waals surface area contributed by atoms with Crippen molar-refractivity contribution in [2.75, 3.05) is 27.2 Å². The van der Waals surface area contributed by atoms with Crippen LogP contribution >= 0.6 is 11.6 Å². The molecule has 2 aromatic carbocycles. The number of halogens is 1. The molecule has 1 N–H and O–H groups in total. The van der Waals surface area contributed by atoms with Gasteiger partial charge in [-0.25, -0.2) is 4.79 Å². The molecule has 1 unspecified atom stereocenters. The summed E-state index contributed by atoms with van der Waals surface area (Å²) in [7, 11) is 4.35. The van der Waals surface area contributed by atoms with Gasteiger partial charge in [0.25, 0.3) is 0 Å². The first-order valence-corrected chi connectivity index (χ1v) is 9.26. The minimum atomic E-state index is -1.85. The highest BCUT2D eigenvalue weighted by Gasteiger charge is 2.43. The lowest BCUT2D eigenvalue weighted by molar-refractivity contribution is -0.896. The smallest absolute Gasteiger partial charge is 0.347 e. The molecule has 138 valence electrons. The summed E-state index contributed by atoms with van der Waals surface area (Å²) in [4.78, 5) is 13.1. The first-order chi connectivity index (χ1) is 12.3. The molecule has 0 aliphatic carbocycles. The number of carbonyl (C=O) groups excluding carboxylic acids is 1. The topological polar surface area (TPSA) is 46.5 Å². The molecule has 0 bridgehead atoms. The molecule has 0 radical (unpaired) electrons. The number of ether oxygens (including phenoxy) is 1. The number of rotatable bonds is 4. The zero-order valence-electron chi connectivity index (χ0n) is 15.2. The van der Waals surface area contributed by atoms with Crippen molar-refractivity contribution in [1.29, 1.82) is 0 Å². The van der Waals surface area contributed by atoms with Crippen molar-refractivity contribution < 1.29 is 19.1 Å². The summed E-state index contributed by atoms with van der Waals surface area (Å²) in [5.74, 6) is -0.636. The van der Waals surface area contributed by atoms with Crippen molar-refractivity contribution in [1.82, 2.24) is 0 Å². The molecule has 2 aromatic rings. The molecule has 1 atom stereocenters. The van der Waals surface area contributed by atoms with Gasteiger partial charge in [-0.2, -0.15) is 0 Å². The fraction of sp³-hybridized carbons (Fsp3) is 0.381. The molecule has 0 spiro atoms. The standard InChI is InChI=1S/C21H25ClNO3/c1-23(2)14-12-19(13-15-23)26-20(24)21(25,16-6-4-3-5-7-16)17-8-10-18(22)11-9-17/h3-11,19,25H,12-15H2,1-2H3/q+1. The van der Waals surface area contributed by atoms with E-state index >= 15 is 0 Å². The molecular weight excluding hydrogens is 350 g/mol. The normalized spacial score (nSPS) is 19.5. The van der Waals surface area contributed by atoms with Crippen molar-refractivity contribution in [2.24, 2.45) is 0 Å². The van der Waals surface area contributed by atoms with Gasteiger partial charge in [0.15, 0.2) is 0 Å². The maximum atomic E-state index is 13.1. The second kappa shape index (κ2) is 7.39. The minimum absolute atomic E-state index is 0.170. The first kappa shape index (κ1) is 18.9. The van der Waals surface area contributed by atoms with E-state index in [2.05, 4.69) is 14.1 Å². The molecular formula is C21H25ClNO3+. The Labute approximate surface area is 159 Å². The van der Waals surface area contributed by atoms with Crippen LogP contribution < -0.4 is 0 Å². The molecule has 5 heteroatoms.